The maximum Gasteiger partial charge on any atom is 0.245 e. The van der Waals surface area contributed by atoms with E-state index in [1.54, 1.807) is 6.20 Å². The zero-order valence-electron chi connectivity index (χ0n) is 20.5. The van der Waals surface area contributed by atoms with Crippen LogP contribution in [0.3, 0.4) is 0 Å². The van der Waals surface area contributed by atoms with Crippen LogP contribution >= 0.6 is 11.6 Å². The summed E-state index contributed by atoms with van der Waals surface area (Å²) in [5, 5.41) is 11.9. The van der Waals surface area contributed by atoms with E-state index >= 15 is 0 Å². The first kappa shape index (κ1) is 23.3. The Morgan fingerprint density at radius 3 is 2.73 bits per heavy atom. The molecule has 2 aromatic heterocycles. The summed E-state index contributed by atoms with van der Waals surface area (Å²) >= 11 is 6.67. The second kappa shape index (κ2) is 8.75. The van der Waals surface area contributed by atoms with Gasteiger partial charge in [0.05, 0.1) is 5.52 Å². The van der Waals surface area contributed by atoms with Gasteiger partial charge in [-0.15, -0.1) is 0 Å². The summed E-state index contributed by atoms with van der Waals surface area (Å²) in [6.07, 6.45) is 5.99. The van der Waals surface area contributed by atoms with E-state index in [0.29, 0.717) is 29.5 Å². The minimum absolute atomic E-state index is 0.0153. The van der Waals surface area contributed by atoms with Gasteiger partial charge in [0.1, 0.15) is 23.3 Å². The average molecular weight is 509 g/mol. The normalized spacial score (nSPS) is 16.1. The first-order chi connectivity index (χ1) is 17.9. The molecule has 8 heteroatoms. The highest BCUT2D eigenvalue weighted by atomic mass is 35.5. The van der Waals surface area contributed by atoms with Crippen LogP contribution in [-0.4, -0.2) is 51.5 Å². The highest BCUT2D eigenvalue weighted by Crippen LogP contribution is 2.45. The lowest BCUT2D eigenvalue weighted by Gasteiger charge is -2.47. The predicted octanol–water partition coefficient (Wildman–Crippen LogP) is 5.05. The van der Waals surface area contributed by atoms with Crippen molar-refractivity contribution in [2.75, 3.05) is 31.1 Å². The van der Waals surface area contributed by atoms with Gasteiger partial charge in [-0.1, -0.05) is 48.5 Å². The highest BCUT2D eigenvalue weighted by molar-refractivity contribution is 6.34. The van der Waals surface area contributed by atoms with Gasteiger partial charge in [0.25, 0.3) is 0 Å². The molecule has 2 aromatic carbocycles. The second-order valence-corrected chi connectivity index (χ2v) is 10.3. The number of halogens is 1. The van der Waals surface area contributed by atoms with Crippen molar-refractivity contribution in [1.29, 1.82) is 5.26 Å². The van der Waals surface area contributed by atoms with Crippen LogP contribution in [-0.2, 0) is 11.8 Å². The number of imidazole rings is 1. The Kier molecular flexibility index (Phi) is 5.50. The number of carbonyl (C=O) groups excluding carboxylic acids is 1. The molecule has 0 saturated carbocycles. The maximum absolute atomic E-state index is 12.0. The molecule has 4 heterocycles. The standard InChI is InChI=1S/C29H25ClN6O/c1-3-25(37)36-17-29(18-36)10-12-35(16-29)28-22(15-31)26(20-6-4-5-7-23(20)30)21-9-8-19(14-24(21)33-28)27-32-11-13-34(27)2/h3-9,11,13-14H,1,10,12,16-18H2,2H3. The molecule has 0 radical (unpaired) electrons. The largest absolute Gasteiger partial charge is 0.355 e. The number of anilines is 1. The molecule has 2 aliphatic heterocycles. The van der Waals surface area contributed by atoms with Gasteiger partial charge >= 0.3 is 0 Å². The van der Waals surface area contributed by atoms with Crippen LogP contribution in [0.1, 0.15) is 12.0 Å². The number of pyridine rings is 1. The van der Waals surface area contributed by atoms with Crippen LogP contribution in [0.15, 0.2) is 67.5 Å². The fourth-order valence-electron chi connectivity index (χ4n) is 5.74. The van der Waals surface area contributed by atoms with E-state index in [2.05, 4.69) is 22.5 Å². The van der Waals surface area contributed by atoms with Crippen molar-refractivity contribution in [2.24, 2.45) is 12.5 Å². The Balaban J connectivity index is 1.50. The Morgan fingerprint density at radius 1 is 1.22 bits per heavy atom. The summed E-state index contributed by atoms with van der Waals surface area (Å²) in [6.45, 7) is 6.51. The van der Waals surface area contributed by atoms with E-state index in [1.165, 1.54) is 6.08 Å². The molecule has 0 atom stereocenters. The van der Waals surface area contributed by atoms with E-state index < -0.39 is 0 Å². The van der Waals surface area contributed by atoms with Crippen LogP contribution in [0, 0.1) is 16.7 Å². The molecule has 7 nitrogen and oxygen atoms in total. The lowest BCUT2D eigenvalue weighted by molar-refractivity contribution is -0.136. The van der Waals surface area contributed by atoms with E-state index in [1.807, 2.05) is 65.2 Å². The number of aromatic nitrogens is 3. The van der Waals surface area contributed by atoms with Crippen molar-refractivity contribution >= 4 is 34.2 Å². The van der Waals surface area contributed by atoms with Gasteiger partial charge in [-0.05, 0) is 24.6 Å². The number of hydrogen-bond acceptors (Lipinski definition) is 5. The lowest BCUT2D eigenvalue weighted by atomic mass is 9.79. The number of likely N-dealkylation sites (tertiary alicyclic amines) is 1. The van der Waals surface area contributed by atoms with Crippen molar-refractivity contribution in [3.8, 4) is 28.6 Å². The van der Waals surface area contributed by atoms with Crippen LogP contribution in [0.2, 0.25) is 5.02 Å². The molecule has 2 fully saturated rings. The van der Waals surface area contributed by atoms with Gasteiger partial charge in [0.15, 0.2) is 0 Å². The Morgan fingerprint density at radius 2 is 2.03 bits per heavy atom. The average Bonchev–Trinajstić information content (AvgIpc) is 3.53. The highest BCUT2D eigenvalue weighted by Gasteiger charge is 2.49. The fraction of sp³-hybridized carbons (Fsp3) is 0.241. The van der Waals surface area contributed by atoms with Gasteiger partial charge in [-0.25, -0.2) is 9.97 Å². The summed E-state index contributed by atoms with van der Waals surface area (Å²) in [4.78, 5) is 25.6. The molecule has 2 saturated heterocycles. The van der Waals surface area contributed by atoms with Gasteiger partial charge in [0.2, 0.25) is 5.91 Å². The Labute approximate surface area is 220 Å². The topological polar surface area (TPSA) is 78.1 Å². The summed E-state index contributed by atoms with van der Waals surface area (Å²) in [6, 6.07) is 16.1. The molecule has 0 aliphatic carbocycles. The number of carbonyl (C=O) groups is 1. The predicted molar refractivity (Wildman–Crippen MR) is 145 cm³/mol. The van der Waals surface area contributed by atoms with Gasteiger partial charge in [0, 0.05) is 78.1 Å². The SMILES string of the molecule is C=CC(=O)N1CC2(CCN(c3nc4cc(-c5nccn5C)ccc4c(-c4ccccc4Cl)c3C#N)C2)C1. The number of amides is 1. The third-order valence-electron chi connectivity index (χ3n) is 7.58. The number of rotatable bonds is 4. The molecule has 1 amide bonds. The molecular formula is C29H25ClN6O. The molecule has 37 heavy (non-hydrogen) atoms. The van der Waals surface area contributed by atoms with E-state index in [9.17, 15) is 10.1 Å². The smallest absolute Gasteiger partial charge is 0.245 e. The lowest BCUT2D eigenvalue weighted by Crippen LogP contribution is -2.59. The number of fused-ring (bicyclic) bond motifs is 1. The number of hydrogen-bond donors (Lipinski definition) is 0. The summed E-state index contributed by atoms with van der Waals surface area (Å²) < 4.78 is 1.97. The van der Waals surface area contributed by atoms with E-state index in [4.69, 9.17) is 16.6 Å². The first-order valence-electron chi connectivity index (χ1n) is 12.2. The first-order valence-corrected chi connectivity index (χ1v) is 12.6. The van der Waals surface area contributed by atoms with Crippen LogP contribution in [0.25, 0.3) is 33.4 Å². The van der Waals surface area contributed by atoms with Crippen molar-refractivity contribution in [2.45, 2.75) is 6.42 Å². The summed E-state index contributed by atoms with van der Waals surface area (Å²) in [5.74, 6) is 1.47. The number of benzene rings is 2. The molecule has 4 aromatic rings. The molecule has 0 unspecified atom stereocenters. The van der Waals surface area contributed by atoms with Crippen molar-refractivity contribution < 1.29 is 4.79 Å². The quantitative estimate of drug-likeness (QED) is 0.360. The van der Waals surface area contributed by atoms with Crippen LogP contribution < -0.4 is 4.90 Å². The molecular weight excluding hydrogens is 484 g/mol. The van der Waals surface area contributed by atoms with Crippen molar-refractivity contribution in [3.05, 3.63) is 78.1 Å². The molecule has 1 spiro atoms. The number of nitrogens with zero attached hydrogens (tertiary/aromatic N) is 6. The van der Waals surface area contributed by atoms with Gasteiger partial charge < -0.3 is 14.4 Å². The Bertz CT molecular complexity index is 1610. The zero-order valence-corrected chi connectivity index (χ0v) is 21.2. The third kappa shape index (κ3) is 3.76. The summed E-state index contributed by atoms with van der Waals surface area (Å²) in [7, 11) is 1.96. The van der Waals surface area contributed by atoms with Gasteiger partial charge in [-0.2, -0.15) is 5.26 Å². The second-order valence-electron chi connectivity index (χ2n) is 9.94. The van der Waals surface area contributed by atoms with E-state index in [-0.39, 0.29) is 11.3 Å². The van der Waals surface area contributed by atoms with Gasteiger partial charge in [-0.3, -0.25) is 4.79 Å². The summed E-state index contributed by atoms with van der Waals surface area (Å²) in [5.41, 5.74) is 3.85. The molecule has 6 rings (SSSR count). The molecule has 0 N–H and O–H groups in total. The maximum atomic E-state index is 12.0. The number of aryl methyl sites for hydroxylation is 1. The fourth-order valence-corrected chi connectivity index (χ4v) is 5.97. The van der Waals surface area contributed by atoms with Crippen LogP contribution in [0.5, 0.6) is 0 Å². The monoisotopic (exact) mass is 508 g/mol. The number of nitriles is 1. The van der Waals surface area contributed by atoms with Crippen molar-refractivity contribution in [3.63, 3.8) is 0 Å². The van der Waals surface area contributed by atoms with Crippen LogP contribution in [0.4, 0.5) is 5.82 Å². The van der Waals surface area contributed by atoms with E-state index in [0.717, 1.165) is 52.9 Å². The Hall–Kier alpha value is -4.15. The van der Waals surface area contributed by atoms with Crippen molar-refractivity contribution in [1.82, 2.24) is 19.4 Å². The zero-order chi connectivity index (χ0) is 25.7. The minimum Gasteiger partial charge on any atom is -0.355 e. The molecule has 184 valence electrons. The molecule has 0 bridgehead atoms. The third-order valence-corrected chi connectivity index (χ3v) is 7.91. The minimum atomic E-state index is -0.0339. The molecule has 2 aliphatic rings.